The third-order valence-electron chi connectivity index (χ3n) is 3.06. The number of carboxylic acids is 1. The highest BCUT2D eigenvalue weighted by molar-refractivity contribution is 7.89. The number of benzene rings is 1. The van der Waals surface area contributed by atoms with Crippen molar-refractivity contribution in [2.75, 3.05) is 13.1 Å². The highest BCUT2D eigenvalue weighted by Crippen LogP contribution is 2.27. The van der Waals surface area contributed by atoms with Crippen LogP contribution in [0.25, 0.3) is 0 Å². The molecule has 0 aromatic heterocycles. The van der Waals surface area contributed by atoms with Gasteiger partial charge in [0.2, 0.25) is 10.0 Å². The van der Waals surface area contributed by atoms with Crippen LogP contribution in [0.3, 0.4) is 0 Å². The van der Waals surface area contributed by atoms with Crippen molar-refractivity contribution in [2.45, 2.75) is 17.4 Å². The summed E-state index contributed by atoms with van der Waals surface area (Å²) >= 11 is 5.51. The van der Waals surface area contributed by atoms with Gasteiger partial charge in [-0.25, -0.2) is 17.6 Å². The zero-order valence-electron chi connectivity index (χ0n) is 10.2. The van der Waals surface area contributed by atoms with Gasteiger partial charge in [-0.3, -0.25) is 0 Å². The number of rotatable bonds is 3. The molecule has 20 heavy (non-hydrogen) atoms. The number of hydrogen-bond donors (Lipinski definition) is 2. The van der Waals surface area contributed by atoms with E-state index in [-0.39, 0.29) is 19.1 Å². The standard InChI is InChI=1S/C11H12ClFN2O4S/c12-10-8(11(16)17)3-7(4-9(10)13)20(18,19)15-2-1-6(14)5-15/h3-4,6H,1-2,5,14H2,(H,16,17). The van der Waals surface area contributed by atoms with Crippen LogP contribution in [-0.2, 0) is 10.0 Å². The smallest absolute Gasteiger partial charge is 0.337 e. The van der Waals surface area contributed by atoms with E-state index in [9.17, 15) is 17.6 Å². The lowest BCUT2D eigenvalue weighted by molar-refractivity contribution is 0.0696. The molecule has 0 radical (unpaired) electrons. The predicted octanol–water partition coefficient (Wildman–Crippen LogP) is 0.899. The van der Waals surface area contributed by atoms with Gasteiger partial charge >= 0.3 is 5.97 Å². The number of nitrogens with zero attached hydrogens (tertiary/aromatic N) is 1. The number of hydrogen-bond acceptors (Lipinski definition) is 4. The summed E-state index contributed by atoms with van der Waals surface area (Å²) in [6.45, 7) is 0.338. The fraction of sp³-hybridized carbons (Fsp3) is 0.364. The van der Waals surface area contributed by atoms with Gasteiger partial charge in [-0.15, -0.1) is 0 Å². The minimum Gasteiger partial charge on any atom is -0.478 e. The summed E-state index contributed by atoms with van der Waals surface area (Å²) in [5, 5.41) is 8.29. The van der Waals surface area contributed by atoms with Crippen LogP contribution in [0.4, 0.5) is 4.39 Å². The molecule has 1 aromatic carbocycles. The average Bonchev–Trinajstić information content (AvgIpc) is 2.79. The van der Waals surface area contributed by atoms with Crippen molar-refractivity contribution in [3.8, 4) is 0 Å². The van der Waals surface area contributed by atoms with E-state index in [2.05, 4.69) is 0 Å². The number of carbonyl (C=O) groups is 1. The number of halogens is 2. The Labute approximate surface area is 120 Å². The fourth-order valence-corrected chi connectivity index (χ4v) is 3.73. The fourth-order valence-electron chi connectivity index (χ4n) is 1.99. The average molecular weight is 323 g/mol. The summed E-state index contributed by atoms with van der Waals surface area (Å²) in [4.78, 5) is 10.5. The first kappa shape index (κ1) is 15.2. The summed E-state index contributed by atoms with van der Waals surface area (Å²) in [7, 11) is -3.98. The maximum Gasteiger partial charge on any atom is 0.337 e. The minimum atomic E-state index is -3.98. The van der Waals surface area contributed by atoms with Crippen LogP contribution < -0.4 is 5.73 Å². The summed E-state index contributed by atoms with van der Waals surface area (Å²) in [5.41, 5.74) is 5.05. The van der Waals surface area contributed by atoms with Gasteiger partial charge in [-0.2, -0.15) is 4.31 Å². The summed E-state index contributed by atoms with van der Waals surface area (Å²) in [6.07, 6.45) is 0.501. The maximum absolute atomic E-state index is 13.6. The van der Waals surface area contributed by atoms with Crippen molar-refractivity contribution in [2.24, 2.45) is 5.73 Å². The Morgan fingerprint density at radius 3 is 2.65 bits per heavy atom. The van der Waals surface area contributed by atoms with Gasteiger partial charge < -0.3 is 10.8 Å². The van der Waals surface area contributed by atoms with Crippen molar-refractivity contribution in [1.29, 1.82) is 0 Å². The third-order valence-corrected chi connectivity index (χ3v) is 5.28. The van der Waals surface area contributed by atoms with E-state index >= 15 is 0 Å². The summed E-state index contributed by atoms with van der Waals surface area (Å²) < 4.78 is 39.3. The lowest BCUT2D eigenvalue weighted by atomic mass is 10.2. The first-order valence-corrected chi connectivity index (χ1v) is 7.53. The van der Waals surface area contributed by atoms with E-state index in [0.717, 1.165) is 10.4 Å². The summed E-state index contributed by atoms with van der Waals surface area (Å²) in [6, 6.07) is 1.29. The number of nitrogens with two attached hydrogens (primary N) is 1. The summed E-state index contributed by atoms with van der Waals surface area (Å²) in [5.74, 6) is -2.59. The van der Waals surface area contributed by atoms with E-state index in [1.165, 1.54) is 0 Å². The molecule has 0 spiro atoms. The molecule has 1 aliphatic heterocycles. The van der Waals surface area contributed by atoms with Crippen LogP contribution in [-0.4, -0.2) is 42.9 Å². The molecule has 1 unspecified atom stereocenters. The zero-order chi connectivity index (χ0) is 15.1. The van der Waals surface area contributed by atoms with E-state index in [1.807, 2.05) is 0 Å². The van der Waals surface area contributed by atoms with E-state index in [1.54, 1.807) is 0 Å². The molecule has 6 nitrogen and oxygen atoms in total. The molecule has 110 valence electrons. The maximum atomic E-state index is 13.6. The molecule has 1 fully saturated rings. The second kappa shape index (κ2) is 5.28. The van der Waals surface area contributed by atoms with Crippen molar-refractivity contribution in [3.63, 3.8) is 0 Å². The Balaban J connectivity index is 2.50. The largest absolute Gasteiger partial charge is 0.478 e. The lowest BCUT2D eigenvalue weighted by Crippen LogP contribution is -2.32. The molecule has 0 aliphatic carbocycles. The number of carboxylic acid groups (broad SMARTS) is 1. The van der Waals surface area contributed by atoms with E-state index in [4.69, 9.17) is 22.4 Å². The Hall–Kier alpha value is -1.22. The molecule has 0 saturated carbocycles. The van der Waals surface area contributed by atoms with E-state index in [0.29, 0.717) is 12.5 Å². The minimum absolute atomic E-state index is 0.120. The first-order chi connectivity index (χ1) is 9.23. The topological polar surface area (TPSA) is 101 Å². The zero-order valence-corrected chi connectivity index (χ0v) is 11.8. The van der Waals surface area contributed by atoms with Crippen molar-refractivity contribution in [1.82, 2.24) is 4.31 Å². The normalized spacial score (nSPS) is 20.2. The van der Waals surface area contributed by atoms with Gasteiger partial charge in [0.25, 0.3) is 0 Å². The highest BCUT2D eigenvalue weighted by Gasteiger charge is 2.32. The quantitative estimate of drug-likeness (QED) is 0.861. The van der Waals surface area contributed by atoms with Crippen LogP contribution in [0.15, 0.2) is 17.0 Å². The molecule has 1 heterocycles. The second-order valence-corrected chi connectivity index (χ2v) is 6.80. The molecule has 0 amide bonds. The Kier molecular flexibility index (Phi) is 4.01. The number of sulfonamides is 1. The first-order valence-electron chi connectivity index (χ1n) is 5.71. The molecule has 1 saturated heterocycles. The number of aromatic carboxylic acids is 1. The predicted molar refractivity (Wildman–Crippen MR) is 69.7 cm³/mol. The highest BCUT2D eigenvalue weighted by atomic mass is 35.5. The molecule has 0 bridgehead atoms. The van der Waals surface area contributed by atoms with Gasteiger partial charge in [0.1, 0.15) is 5.82 Å². The molecular weight excluding hydrogens is 311 g/mol. The van der Waals surface area contributed by atoms with Crippen LogP contribution >= 0.6 is 11.6 Å². The lowest BCUT2D eigenvalue weighted by Gasteiger charge is -2.16. The van der Waals surface area contributed by atoms with Crippen LogP contribution in [0.1, 0.15) is 16.8 Å². The monoisotopic (exact) mass is 322 g/mol. The Bertz CT molecular complexity index is 665. The molecule has 3 N–H and O–H groups in total. The van der Waals surface area contributed by atoms with Gasteiger partial charge in [0.15, 0.2) is 0 Å². The van der Waals surface area contributed by atoms with Crippen LogP contribution in [0.5, 0.6) is 0 Å². The molecule has 1 atom stereocenters. The van der Waals surface area contributed by atoms with Crippen LogP contribution in [0.2, 0.25) is 5.02 Å². The van der Waals surface area contributed by atoms with Gasteiger partial charge in [0, 0.05) is 19.1 Å². The van der Waals surface area contributed by atoms with Crippen molar-refractivity contribution in [3.05, 3.63) is 28.5 Å². The SMILES string of the molecule is NC1CCN(S(=O)(=O)c2cc(F)c(Cl)c(C(=O)O)c2)C1. The Morgan fingerprint density at radius 2 is 2.15 bits per heavy atom. The molecule has 2 rings (SSSR count). The van der Waals surface area contributed by atoms with Gasteiger partial charge in [-0.1, -0.05) is 11.6 Å². The molecule has 1 aromatic rings. The second-order valence-electron chi connectivity index (χ2n) is 4.48. The molecule has 9 heteroatoms. The molecular formula is C11H12ClFN2O4S. The van der Waals surface area contributed by atoms with Crippen molar-refractivity contribution >= 4 is 27.6 Å². The van der Waals surface area contributed by atoms with Gasteiger partial charge in [0.05, 0.1) is 15.5 Å². The van der Waals surface area contributed by atoms with Gasteiger partial charge in [-0.05, 0) is 18.6 Å². The van der Waals surface area contributed by atoms with E-state index < -0.39 is 37.3 Å². The molecule has 1 aliphatic rings. The third kappa shape index (κ3) is 2.64. The van der Waals surface area contributed by atoms with Crippen LogP contribution in [0, 0.1) is 5.82 Å². The van der Waals surface area contributed by atoms with Crippen molar-refractivity contribution < 1.29 is 22.7 Å². The Morgan fingerprint density at radius 1 is 1.50 bits per heavy atom.